The maximum absolute atomic E-state index is 11.7. The van der Waals surface area contributed by atoms with Crippen molar-refractivity contribution < 1.29 is 4.79 Å². The Hall–Kier alpha value is -2.18. The van der Waals surface area contributed by atoms with Crippen molar-refractivity contribution in [1.29, 1.82) is 0 Å². The standard InChI is InChI=1S/C22H36N6O/c1-5-6-12-28-22-20(18(26-28)13-16(2)3)21(24-15-25-22)27-11-7-8-17(14-27)9-10-19(29)23-4/h15-17H,5-14H2,1-4H3,(H,23,29). The van der Waals surface area contributed by atoms with Crippen LogP contribution in [-0.4, -0.2) is 45.8 Å². The molecule has 1 unspecified atom stereocenters. The van der Waals surface area contributed by atoms with Gasteiger partial charge in [-0.1, -0.05) is 27.2 Å². The van der Waals surface area contributed by atoms with E-state index < -0.39 is 0 Å². The highest BCUT2D eigenvalue weighted by Gasteiger charge is 2.26. The smallest absolute Gasteiger partial charge is 0.219 e. The summed E-state index contributed by atoms with van der Waals surface area (Å²) in [6.45, 7) is 9.52. The van der Waals surface area contributed by atoms with Gasteiger partial charge < -0.3 is 10.2 Å². The molecule has 1 amide bonds. The first-order valence-electron chi connectivity index (χ1n) is 11.2. The lowest BCUT2D eigenvalue weighted by Crippen LogP contribution is -2.36. The molecule has 0 aliphatic carbocycles. The van der Waals surface area contributed by atoms with E-state index in [4.69, 9.17) is 10.1 Å². The summed E-state index contributed by atoms with van der Waals surface area (Å²) >= 11 is 0. The predicted molar refractivity (Wildman–Crippen MR) is 117 cm³/mol. The number of carbonyl (C=O) groups excluding carboxylic acids is 1. The third-order valence-corrected chi connectivity index (χ3v) is 5.78. The molecule has 3 heterocycles. The van der Waals surface area contributed by atoms with Gasteiger partial charge in [-0.2, -0.15) is 5.10 Å². The number of nitrogens with zero attached hydrogens (tertiary/aromatic N) is 5. The highest BCUT2D eigenvalue weighted by Crippen LogP contribution is 2.32. The van der Waals surface area contributed by atoms with Crippen LogP contribution in [0.5, 0.6) is 0 Å². The fourth-order valence-electron chi connectivity index (χ4n) is 4.25. The summed E-state index contributed by atoms with van der Waals surface area (Å²) in [7, 11) is 1.71. The van der Waals surface area contributed by atoms with Crippen LogP contribution in [-0.2, 0) is 17.8 Å². The molecule has 1 fully saturated rings. The first-order valence-corrected chi connectivity index (χ1v) is 11.2. The number of piperidine rings is 1. The summed E-state index contributed by atoms with van der Waals surface area (Å²) in [5, 5.41) is 8.81. The number of unbranched alkanes of at least 4 members (excludes halogenated alkanes) is 1. The summed E-state index contributed by atoms with van der Waals surface area (Å²) < 4.78 is 2.08. The Morgan fingerprint density at radius 2 is 2.17 bits per heavy atom. The lowest BCUT2D eigenvalue weighted by molar-refractivity contribution is -0.120. The number of fused-ring (bicyclic) bond motifs is 1. The van der Waals surface area contributed by atoms with Crippen molar-refractivity contribution in [3.05, 3.63) is 12.0 Å². The number of aromatic nitrogens is 4. The average Bonchev–Trinajstić information content (AvgIpc) is 3.07. The monoisotopic (exact) mass is 400 g/mol. The molecule has 0 spiro atoms. The number of nitrogens with one attached hydrogen (secondary N) is 1. The Kier molecular flexibility index (Phi) is 7.45. The Bertz CT molecular complexity index is 815. The van der Waals surface area contributed by atoms with E-state index >= 15 is 0 Å². The average molecular weight is 401 g/mol. The van der Waals surface area contributed by atoms with Crippen LogP contribution in [0.1, 0.15) is 65.0 Å². The van der Waals surface area contributed by atoms with Crippen molar-refractivity contribution in [1.82, 2.24) is 25.1 Å². The van der Waals surface area contributed by atoms with Crippen LogP contribution in [0.3, 0.4) is 0 Å². The summed E-state index contributed by atoms with van der Waals surface area (Å²) in [4.78, 5) is 23.4. The number of hydrogen-bond donors (Lipinski definition) is 1. The summed E-state index contributed by atoms with van der Waals surface area (Å²) in [5.41, 5.74) is 2.08. The highest BCUT2D eigenvalue weighted by molar-refractivity contribution is 5.90. The van der Waals surface area contributed by atoms with Crippen LogP contribution in [0.4, 0.5) is 5.82 Å². The van der Waals surface area contributed by atoms with Gasteiger partial charge in [-0.05, 0) is 43.9 Å². The Balaban J connectivity index is 1.89. The van der Waals surface area contributed by atoms with Crippen molar-refractivity contribution in [2.24, 2.45) is 11.8 Å². The summed E-state index contributed by atoms with van der Waals surface area (Å²) in [6.07, 6.45) is 8.70. The van der Waals surface area contributed by atoms with Gasteiger partial charge in [-0.25, -0.2) is 14.6 Å². The Morgan fingerprint density at radius 1 is 1.34 bits per heavy atom. The molecule has 2 aromatic heterocycles. The quantitative estimate of drug-likeness (QED) is 0.696. The van der Waals surface area contributed by atoms with E-state index in [1.54, 1.807) is 13.4 Å². The number of anilines is 1. The van der Waals surface area contributed by atoms with Gasteiger partial charge in [-0.3, -0.25) is 4.79 Å². The predicted octanol–water partition coefficient (Wildman–Crippen LogP) is 3.57. The van der Waals surface area contributed by atoms with Gasteiger partial charge in [0.05, 0.1) is 11.1 Å². The van der Waals surface area contributed by atoms with Crippen LogP contribution in [0, 0.1) is 11.8 Å². The van der Waals surface area contributed by atoms with Crippen LogP contribution in [0.25, 0.3) is 11.0 Å². The second kappa shape index (κ2) is 10.0. The second-order valence-electron chi connectivity index (χ2n) is 8.68. The molecule has 1 aliphatic rings. The van der Waals surface area contributed by atoms with Gasteiger partial charge >= 0.3 is 0 Å². The van der Waals surface area contributed by atoms with Crippen LogP contribution < -0.4 is 10.2 Å². The lowest BCUT2D eigenvalue weighted by Gasteiger charge is -2.34. The van der Waals surface area contributed by atoms with Crippen molar-refractivity contribution in [3.63, 3.8) is 0 Å². The summed E-state index contributed by atoms with van der Waals surface area (Å²) in [6, 6.07) is 0. The van der Waals surface area contributed by atoms with Crippen molar-refractivity contribution in [2.45, 2.75) is 72.3 Å². The van der Waals surface area contributed by atoms with E-state index in [0.29, 0.717) is 18.3 Å². The van der Waals surface area contributed by atoms with Gasteiger partial charge in [-0.15, -0.1) is 0 Å². The molecule has 1 saturated heterocycles. The van der Waals surface area contributed by atoms with E-state index in [2.05, 4.69) is 40.7 Å². The third kappa shape index (κ3) is 5.25. The molecule has 1 aliphatic heterocycles. The van der Waals surface area contributed by atoms with E-state index in [0.717, 1.165) is 74.3 Å². The fraction of sp³-hybridized carbons (Fsp3) is 0.727. The first kappa shape index (κ1) is 21.5. The minimum atomic E-state index is 0.128. The van der Waals surface area contributed by atoms with Crippen LogP contribution in [0.15, 0.2) is 6.33 Å². The zero-order valence-corrected chi connectivity index (χ0v) is 18.4. The van der Waals surface area contributed by atoms with Crippen molar-refractivity contribution in [2.75, 3.05) is 25.0 Å². The molecular formula is C22H36N6O. The number of aryl methyl sites for hydroxylation is 1. The molecule has 7 heteroatoms. The highest BCUT2D eigenvalue weighted by atomic mass is 16.1. The molecule has 0 bridgehead atoms. The van der Waals surface area contributed by atoms with Gasteiger partial charge in [0.2, 0.25) is 5.91 Å². The largest absolute Gasteiger partial charge is 0.359 e. The molecular weight excluding hydrogens is 364 g/mol. The van der Waals surface area contributed by atoms with E-state index in [1.807, 2.05) is 0 Å². The zero-order chi connectivity index (χ0) is 20.8. The van der Waals surface area contributed by atoms with E-state index in [-0.39, 0.29) is 5.91 Å². The van der Waals surface area contributed by atoms with E-state index in [1.165, 1.54) is 6.42 Å². The molecule has 3 rings (SSSR count). The minimum Gasteiger partial charge on any atom is -0.359 e. The van der Waals surface area contributed by atoms with Crippen LogP contribution in [0.2, 0.25) is 0 Å². The van der Waals surface area contributed by atoms with E-state index in [9.17, 15) is 4.79 Å². The third-order valence-electron chi connectivity index (χ3n) is 5.78. The van der Waals surface area contributed by atoms with Crippen molar-refractivity contribution in [3.8, 4) is 0 Å². The molecule has 7 nitrogen and oxygen atoms in total. The first-order chi connectivity index (χ1) is 14.0. The summed E-state index contributed by atoms with van der Waals surface area (Å²) in [5.74, 6) is 2.21. The number of amides is 1. The number of rotatable bonds is 9. The second-order valence-corrected chi connectivity index (χ2v) is 8.68. The Morgan fingerprint density at radius 3 is 2.90 bits per heavy atom. The molecule has 29 heavy (non-hydrogen) atoms. The maximum Gasteiger partial charge on any atom is 0.219 e. The number of carbonyl (C=O) groups is 1. The molecule has 0 radical (unpaired) electrons. The fourth-order valence-corrected chi connectivity index (χ4v) is 4.25. The zero-order valence-electron chi connectivity index (χ0n) is 18.4. The van der Waals surface area contributed by atoms with Gasteiger partial charge in [0.1, 0.15) is 12.1 Å². The molecule has 0 aromatic carbocycles. The molecule has 1 N–H and O–H groups in total. The number of hydrogen-bond acceptors (Lipinski definition) is 5. The van der Waals surface area contributed by atoms with Gasteiger partial charge in [0, 0.05) is 33.1 Å². The molecule has 2 aromatic rings. The maximum atomic E-state index is 11.7. The Labute approximate surface area is 174 Å². The SMILES string of the molecule is CCCCn1nc(CC(C)C)c2c(N3CCCC(CCC(=O)NC)C3)ncnc21. The topological polar surface area (TPSA) is 75.9 Å². The minimum absolute atomic E-state index is 0.128. The van der Waals surface area contributed by atoms with Crippen molar-refractivity contribution >= 4 is 22.8 Å². The lowest BCUT2D eigenvalue weighted by atomic mass is 9.93. The van der Waals surface area contributed by atoms with Crippen LogP contribution >= 0.6 is 0 Å². The molecule has 1 atom stereocenters. The molecule has 160 valence electrons. The normalized spacial score (nSPS) is 17.3. The van der Waals surface area contributed by atoms with Gasteiger partial charge in [0.15, 0.2) is 5.65 Å². The molecule has 0 saturated carbocycles. The van der Waals surface area contributed by atoms with Gasteiger partial charge in [0.25, 0.3) is 0 Å².